The van der Waals surface area contributed by atoms with Crippen molar-refractivity contribution >= 4 is 22.9 Å². The van der Waals surface area contributed by atoms with Crippen LogP contribution in [0.25, 0.3) is 17.1 Å². The summed E-state index contributed by atoms with van der Waals surface area (Å²) < 4.78 is 14.5. The molecular formula is C20H15ClN6O2S. The Balaban J connectivity index is 1.66. The second-order valence-electron chi connectivity index (χ2n) is 6.47. The summed E-state index contributed by atoms with van der Waals surface area (Å²) in [5, 5.41) is 9.91. The largest absolute Gasteiger partial charge is 0.473 e. The van der Waals surface area contributed by atoms with Gasteiger partial charge in [0.1, 0.15) is 23.5 Å². The third kappa shape index (κ3) is 3.15. The van der Waals surface area contributed by atoms with Crippen molar-refractivity contribution in [2.75, 3.05) is 14.2 Å². The summed E-state index contributed by atoms with van der Waals surface area (Å²) in [7, 11) is 3.22. The Morgan fingerprint density at radius 3 is 2.90 bits per heavy atom. The molecule has 1 aromatic carbocycles. The van der Waals surface area contributed by atoms with Crippen molar-refractivity contribution in [2.45, 2.75) is 13.2 Å². The first-order valence-electron chi connectivity index (χ1n) is 8.97. The zero-order valence-corrected chi connectivity index (χ0v) is 17.7. The zero-order valence-electron chi connectivity index (χ0n) is 16.1. The van der Waals surface area contributed by atoms with E-state index in [2.05, 4.69) is 32.0 Å². The number of hydrogen-bond donors (Lipinski definition) is 0. The second kappa shape index (κ2) is 7.57. The molecule has 150 valence electrons. The minimum absolute atomic E-state index is 0.346. The van der Waals surface area contributed by atoms with Gasteiger partial charge in [-0.3, -0.25) is 4.57 Å². The van der Waals surface area contributed by atoms with Crippen LogP contribution in [0.3, 0.4) is 0 Å². The Kier molecular flexibility index (Phi) is 4.75. The summed E-state index contributed by atoms with van der Waals surface area (Å²) >= 11 is 7.67. The fourth-order valence-electron chi connectivity index (χ4n) is 3.35. The van der Waals surface area contributed by atoms with E-state index >= 15 is 0 Å². The van der Waals surface area contributed by atoms with E-state index in [1.54, 1.807) is 26.7 Å². The predicted octanol–water partition coefficient (Wildman–Crippen LogP) is 3.16. The predicted molar refractivity (Wildman–Crippen MR) is 112 cm³/mol. The molecule has 0 amide bonds. The van der Waals surface area contributed by atoms with Gasteiger partial charge in [-0.2, -0.15) is 0 Å². The van der Waals surface area contributed by atoms with E-state index in [0.29, 0.717) is 29.1 Å². The third-order valence-electron chi connectivity index (χ3n) is 4.70. The van der Waals surface area contributed by atoms with Crippen molar-refractivity contribution in [1.29, 1.82) is 0 Å². The van der Waals surface area contributed by atoms with Crippen LogP contribution in [0.5, 0.6) is 5.19 Å². The molecule has 0 spiro atoms. The Morgan fingerprint density at radius 2 is 2.10 bits per heavy atom. The van der Waals surface area contributed by atoms with Gasteiger partial charge in [0.25, 0.3) is 5.19 Å². The van der Waals surface area contributed by atoms with Crippen LogP contribution in [-0.2, 0) is 17.9 Å². The second-order valence-corrected chi connectivity index (χ2v) is 7.90. The maximum atomic E-state index is 6.28. The number of methoxy groups -OCH3 is 2. The van der Waals surface area contributed by atoms with Gasteiger partial charge in [-0.15, -0.1) is 10.2 Å². The third-order valence-corrected chi connectivity index (χ3v) is 5.81. The number of aromatic nitrogens is 6. The van der Waals surface area contributed by atoms with Crippen molar-refractivity contribution in [3.05, 3.63) is 57.8 Å². The zero-order chi connectivity index (χ0) is 20.7. The fraction of sp³-hybridized carbons (Fsp3) is 0.200. The highest BCUT2D eigenvalue weighted by Gasteiger charge is 2.25. The topological polar surface area (TPSA) is 79.9 Å². The number of rotatable bonds is 3. The van der Waals surface area contributed by atoms with E-state index < -0.39 is 0 Å². The molecule has 10 heteroatoms. The van der Waals surface area contributed by atoms with Gasteiger partial charge in [-0.1, -0.05) is 22.9 Å². The first-order valence-corrected chi connectivity index (χ1v) is 10.2. The molecule has 0 unspecified atom stereocenters. The van der Waals surface area contributed by atoms with Gasteiger partial charge in [0.15, 0.2) is 11.6 Å². The molecule has 1 aliphatic heterocycles. The lowest BCUT2D eigenvalue weighted by Gasteiger charge is -2.08. The SMILES string of the molecule is COCc1nnc2n1Cc1c(C#Cc3cnc(OC)s3)ncn1-c1ccc(Cl)cc1-2. The van der Waals surface area contributed by atoms with Crippen LogP contribution in [0.2, 0.25) is 5.02 Å². The van der Waals surface area contributed by atoms with Gasteiger partial charge in [-0.05, 0) is 30.0 Å². The summed E-state index contributed by atoms with van der Waals surface area (Å²) in [5.74, 6) is 7.75. The van der Waals surface area contributed by atoms with Crippen LogP contribution < -0.4 is 4.74 Å². The molecule has 4 heterocycles. The van der Waals surface area contributed by atoms with Crippen molar-refractivity contribution in [3.63, 3.8) is 0 Å². The smallest absolute Gasteiger partial charge is 0.274 e. The van der Waals surface area contributed by atoms with Gasteiger partial charge >= 0.3 is 0 Å². The molecule has 0 saturated heterocycles. The molecule has 30 heavy (non-hydrogen) atoms. The number of hydrogen-bond acceptors (Lipinski definition) is 7. The number of thiazole rings is 1. The van der Waals surface area contributed by atoms with E-state index in [4.69, 9.17) is 21.1 Å². The maximum Gasteiger partial charge on any atom is 0.274 e. The Bertz CT molecular complexity index is 1310. The first-order chi connectivity index (χ1) is 14.7. The quantitative estimate of drug-likeness (QED) is 0.402. The highest BCUT2D eigenvalue weighted by atomic mass is 35.5. The molecule has 0 bridgehead atoms. The van der Waals surface area contributed by atoms with E-state index in [1.807, 2.05) is 27.3 Å². The summed E-state index contributed by atoms with van der Waals surface area (Å²) in [5.41, 5.74) is 3.40. The Hall–Kier alpha value is -3.19. The monoisotopic (exact) mass is 438 g/mol. The number of nitrogens with zero attached hydrogens (tertiary/aromatic N) is 6. The Labute approximate surface area is 181 Å². The summed E-state index contributed by atoms with van der Waals surface area (Å²) in [6.45, 7) is 0.849. The average Bonchev–Trinajstić information content (AvgIpc) is 3.45. The van der Waals surface area contributed by atoms with Crippen molar-refractivity contribution < 1.29 is 9.47 Å². The highest BCUT2D eigenvalue weighted by Crippen LogP contribution is 2.34. The van der Waals surface area contributed by atoms with Gasteiger partial charge in [-0.25, -0.2) is 9.97 Å². The molecule has 8 nitrogen and oxygen atoms in total. The van der Waals surface area contributed by atoms with Gasteiger partial charge in [0, 0.05) is 17.7 Å². The van der Waals surface area contributed by atoms with Crippen LogP contribution in [0, 0.1) is 11.8 Å². The van der Waals surface area contributed by atoms with Crippen LogP contribution in [0.1, 0.15) is 22.1 Å². The Morgan fingerprint density at radius 1 is 1.20 bits per heavy atom. The highest BCUT2D eigenvalue weighted by molar-refractivity contribution is 7.13. The van der Waals surface area contributed by atoms with Gasteiger partial charge in [0.2, 0.25) is 0 Å². The van der Waals surface area contributed by atoms with E-state index in [9.17, 15) is 0 Å². The molecule has 0 N–H and O–H groups in total. The van der Waals surface area contributed by atoms with Gasteiger partial charge in [0.05, 0.1) is 31.2 Å². The lowest BCUT2D eigenvalue weighted by atomic mass is 10.1. The molecule has 4 aromatic rings. The molecule has 3 aromatic heterocycles. The minimum atomic E-state index is 0.346. The number of benzene rings is 1. The van der Waals surface area contributed by atoms with Crippen LogP contribution in [-0.4, -0.2) is 43.5 Å². The molecule has 5 rings (SSSR count). The molecule has 0 radical (unpaired) electrons. The molecule has 0 aliphatic carbocycles. The van der Waals surface area contributed by atoms with Crippen molar-refractivity contribution in [3.8, 4) is 34.1 Å². The van der Waals surface area contributed by atoms with Crippen molar-refractivity contribution in [2.24, 2.45) is 0 Å². The maximum absolute atomic E-state index is 6.28. The van der Waals surface area contributed by atoms with E-state index in [0.717, 1.165) is 33.5 Å². The molecule has 1 aliphatic rings. The van der Waals surface area contributed by atoms with Crippen LogP contribution >= 0.6 is 22.9 Å². The van der Waals surface area contributed by atoms with Crippen molar-refractivity contribution in [1.82, 2.24) is 29.3 Å². The van der Waals surface area contributed by atoms with E-state index in [-0.39, 0.29) is 0 Å². The molecular weight excluding hydrogens is 424 g/mol. The molecule has 0 atom stereocenters. The lowest BCUT2D eigenvalue weighted by Crippen LogP contribution is -2.09. The fourth-order valence-corrected chi connectivity index (χ4v) is 4.11. The van der Waals surface area contributed by atoms with E-state index in [1.165, 1.54) is 11.3 Å². The van der Waals surface area contributed by atoms with Crippen LogP contribution in [0.4, 0.5) is 0 Å². The number of ether oxygens (including phenoxy) is 2. The number of halogens is 1. The summed E-state index contributed by atoms with van der Waals surface area (Å²) in [6, 6.07) is 5.69. The lowest BCUT2D eigenvalue weighted by molar-refractivity contribution is 0.174. The number of fused-ring (bicyclic) bond motifs is 5. The first kappa shape index (κ1) is 18.8. The standard InChI is InChI=1S/C20H15ClN6O2S/c1-28-10-18-24-25-19-14-7-12(21)3-6-16(14)27-11-23-15(17(27)9-26(18)19)5-4-13-8-22-20(29-2)30-13/h3,6-8,11H,9-10H2,1-2H3. The number of imidazole rings is 1. The average molecular weight is 439 g/mol. The summed E-state index contributed by atoms with van der Waals surface area (Å²) in [4.78, 5) is 9.52. The minimum Gasteiger partial charge on any atom is -0.473 e. The molecule has 0 fully saturated rings. The molecule has 0 saturated carbocycles. The van der Waals surface area contributed by atoms with Crippen LogP contribution in [0.15, 0.2) is 30.7 Å². The summed E-state index contributed by atoms with van der Waals surface area (Å²) in [6.07, 6.45) is 3.46. The van der Waals surface area contributed by atoms with Gasteiger partial charge < -0.3 is 14.0 Å². The normalized spacial score (nSPS) is 11.7.